The van der Waals surface area contributed by atoms with Gasteiger partial charge in [0.15, 0.2) is 0 Å². The molecule has 3 rings (SSSR count). The van der Waals surface area contributed by atoms with Crippen LogP contribution in [0.2, 0.25) is 0 Å². The van der Waals surface area contributed by atoms with E-state index < -0.39 is 0 Å². The van der Waals surface area contributed by atoms with Crippen molar-refractivity contribution in [3.05, 3.63) is 42.1 Å². The lowest BCUT2D eigenvalue weighted by molar-refractivity contribution is 0.440. The lowest BCUT2D eigenvalue weighted by Gasteiger charge is -2.20. The van der Waals surface area contributed by atoms with Crippen molar-refractivity contribution in [3.8, 4) is 0 Å². The Balaban J connectivity index is 2.10. The average Bonchev–Trinajstić information content (AvgIpc) is 2.83. The number of hydrogen-bond donors (Lipinski definition) is 1. The first-order chi connectivity index (χ1) is 9.41. The standard InChI is InChI=1S/C18H24N2/c1-17(2)16(18(17,3)4)15(19-5)13-10-6-8-12-9-7-11-20-14(12)13/h6-11,15-16,19H,1-5H3. The molecule has 1 aromatic carbocycles. The molecule has 0 bridgehead atoms. The number of rotatable bonds is 3. The Hall–Kier alpha value is -1.41. The van der Waals surface area contributed by atoms with E-state index in [1.807, 2.05) is 12.3 Å². The molecule has 2 aromatic rings. The number of aromatic nitrogens is 1. The minimum Gasteiger partial charge on any atom is -0.313 e. The molecular weight excluding hydrogens is 244 g/mol. The van der Waals surface area contributed by atoms with E-state index >= 15 is 0 Å². The summed E-state index contributed by atoms with van der Waals surface area (Å²) in [5, 5.41) is 4.77. The Labute approximate surface area is 121 Å². The van der Waals surface area contributed by atoms with E-state index in [1.54, 1.807) is 0 Å². The quantitative estimate of drug-likeness (QED) is 0.903. The van der Waals surface area contributed by atoms with E-state index in [2.05, 4.69) is 69.3 Å². The number of pyridine rings is 1. The Morgan fingerprint density at radius 3 is 2.30 bits per heavy atom. The Morgan fingerprint density at radius 1 is 1.05 bits per heavy atom. The van der Waals surface area contributed by atoms with Gasteiger partial charge >= 0.3 is 0 Å². The van der Waals surface area contributed by atoms with Gasteiger partial charge in [-0.3, -0.25) is 4.98 Å². The van der Waals surface area contributed by atoms with E-state index in [9.17, 15) is 0 Å². The fraction of sp³-hybridized carbons (Fsp3) is 0.500. The van der Waals surface area contributed by atoms with Crippen LogP contribution in [-0.2, 0) is 0 Å². The Kier molecular flexibility index (Phi) is 2.91. The van der Waals surface area contributed by atoms with E-state index in [0.29, 0.717) is 22.8 Å². The van der Waals surface area contributed by atoms with Crippen LogP contribution in [0.1, 0.15) is 39.3 Å². The van der Waals surface area contributed by atoms with Gasteiger partial charge in [-0.15, -0.1) is 0 Å². The van der Waals surface area contributed by atoms with Gasteiger partial charge in [-0.05, 0) is 35.4 Å². The van der Waals surface area contributed by atoms with Gasteiger partial charge in [0.2, 0.25) is 0 Å². The second-order valence-electron chi connectivity index (χ2n) is 7.11. The highest BCUT2D eigenvalue weighted by molar-refractivity contribution is 5.82. The van der Waals surface area contributed by atoms with Gasteiger partial charge in [-0.25, -0.2) is 0 Å². The molecule has 0 radical (unpaired) electrons. The van der Waals surface area contributed by atoms with Gasteiger partial charge in [-0.1, -0.05) is 52.0 Å². The van der Waals surface area contributed by atoms with Gasteiger partial charge in [0.05, 0.1) is 5.52 Å². The van der Waals surface area contributed by atoms with Gasteiger partial charge < -0.3 is 5.32 Å². The average molecular weight is 268 g/mol. The summed E-state index contributed by atoms with van der Waals surface area (Å²) in [6, 6.07) is 11.0. The number of fused-ring (bicyclic) bond motifs is 1. The van der Waals surface area contributed by atoms with E-state index in [-0.39, 0.29) is 0 Å². The van der Waals surface area contributed by atoms with Crippen molar-refractivity contribution >= 4 is 10.9 Å². The molecule has 20 heavy (non-hydrogen) atoms. The lowest BCUT2D eigenvalue weighted by Crippen LogP contribution is -2.22. The molecule has 0 aliphatic heterocycles. The Morgan fingerprint density at radius 2 is 1.70 bits per heavy atom. The second kappa shape index (κ2) is 4.29. The third-order valence-corrected chi connectivity index (χ3v) is 5.78. The molecule has 0 amide bonds. The minimum absolute atomic E-state index is 0.359. The van der Waals surface area contributed by atoms with Gasteiger partial charge in [0, 0.05) is 17.6 Å². The minimum atomic E-state index is 0.359. The second-order valence-corrected chi connectivity index (χ2v) is 7.11. The highest BCUT2D eigenvalue weighted by Gasteiger charge is 2.67. The monoisotopic (exact) mass is 268 g/mol. The third kappa shape index (κ3) is 1.71. The van der Waals surface area contributed by atoms with E-state index in [1.165, 1.54) is 10.9 Å². The van der Waals surface area contributed by atoms with Crippen molar-refractivity contribution in [2.45, 2.75) is 33.7 Å². The molecule has 106 valence electrons. The van der Waals surface area contributed by atoms with E-state index in [4.69, 9.17) is 0 Å². The number of para-hydroxylation sites is 1. The molecule has 2 nitrogen and oxygen atoms in total. The molecule has 1 aliphatic carbocycles. The number of benzene rings is 1. The molecule has 0 saturated heterocycles. The van der Waals surface area contributed by atoms with E-state index in [0.717, 1.165) is 5.52 Å². The van der Waals surface area contributed by atoms with Crippen LogP contribution in [0.3, 0.4) is 0 Å². The zero-order chi connectivity index (χ0) is 14.5. The maximum absolute atomic E-state index is 4.62. The highest BCUT2D eigenvalue weighted by Crippen LogP contribution is 2.72. The molecule has 1 heterocycles. The van der Waals surface area contributed by atoms with Crippen molar-refractivity contribution in [2.75, 3.05) is 7.05 Å². The zero-order valence-corrected chi connectivity index (χ0v) is 13.1. The normalized spacial score (nSPS) is 21.9. The predicted molar refractivity (Wildman–Crippen MR) is 84.6 cm³/mol. The summed E-state index contributed by atoms with van der Waals surface area (Å²) < 4.78 is 0. The summed E-state index contributed by atoms with van der Waals surface area (Å²) in [5.74, 6) is 0.632. The van der Waals surface area contributed by atoms with Crippen LogP contribution in [0.25, 0.3) is 10.9 Å². The molecule has 1 saturated carbocycles. The van der Waals surface area contributed by atoms with Crippen molar-refractivity contribution in [3.63, 3.8) is 0 Å². The fourth-order valence-electron chi connectivity index (χ4n) is 3.96. The molecule has 1 unspecified atom stereocenters. The van der Waals surface area contributed by atoms with Crippen LogP contribution in [0.5, 0.6) is 0 Å². The van der Waals surface area contributed by atoms with Crippen molar-refractivity contribution < 1.29 is 0 Å². The third-order valence-electron chi connectivity index (χ3n) is 5.78. The number of nitrogens with zero attached hydrogens (tertiary/aromatic N) is 1. The SMILES string of the molecule is CNC(c1cccc2cccnc12)C1C(C)(C)C1(C)C. The highest BCUT2D eigenvalue weighted by atomic mass is 14.9. The molecule has 1 aromatic heterocycles. The summed E-state index contributed by atoms with van der Waals surface area (Å²) in [5.41, 5.74) is 3.18. The molecule has 2 heteroatoms. The maximum atomic E-state index is 4.62. The lowest BCUT2D eigenvalue weighted by atomic mass is 9.94. The van der Waals surface area contributed by atoms with Crippen LogP contribution < -0.4 is 5.32 Å². The largest absolute Gasteiger partial charge is 0.313 e. The first-order valence-electron chi connectivity index (χ1n) is 7.42. The molecule has 1 atom stereocenters. The summed E-state index contributed by atoms with van der Waals surface area (Å²) in [6.07, 6.45) is 1.89. The molecule has 1 aliphatic rings. The molecule has 0 spiro atoms. The van der Waals surface area contributed by atoms with Crippen LogP contribution in [-0.4, -0.2) is 12.0 Å². The molecule has 1 fully saturated rings. The fourth-order valence-corrected chi connectivity index (χ4v) is 3.96. The molecule has 1 N–H and O–H groups in total. The summed E-state index contributed by atoms with van der Waals surface area (Å²) in [6.45, 7) is 9.50. The van der Waals surface area contributed by atoms with Crippen molar-refractivity contribution in [1.29, 1.82) is 0 Å². The first kappa shape index (κ1) is 13.6. The summed E-state index contributed by atoms with van der Waals surface area (Å²) in [4.78, 5) is 4.62. The predicted octanol–water partition coefficient (Wildman–Crippen LogP) is 4.18. The van der Waals surface area contributed by atoms with Crippen molar-refractivity contribution in [1.82, 2.24) is 10.3 Å². The van der Waals surface area contributed by atoms with Crippen LogP contribution in [0, 0.1) is 16.7 Å². The van der Waals surface area contributed by atoms with Gasteiger partial charge in [-0.2, -0.15) is 0 Å². The van der Waals surface area contributed by atoms with Crippen molar-refractivity contribution in [2.24, 2.45) is 16.7 Å². The first-order valence-corrected chi connectivity index (χ1v) is 7.42. The summed E-state index contributed by atoms with van der Waals surface area (Å²) in [7, 11) is 2.07. The molecular formula is C18H24N2. The van der Waals surface area contributed by atoms with Crippen LogP contribution >= 0.6 is 0 Å². The van der Waals surface area contributed by atoms with Gasteiger partial charge in [0.1, 0.15) is 0 Å². The smallest absolute Gasteiger partial charge is 0.0749 e. The zero-order valence-electron chi connectivity index (χ0n) is 13.1. The topological polar surface area (TPSA) is 24.9 Å². The van der Waals surface area contributed by atoms with Crippen LogP contribution in [0.15, 0.2) is 36.5 Å². The number of nitrogens with one attached hydrogen (secondary N) is 1. The number of hydrogen-bond acceptors (Lipinski definition) is 2. The summed E-state index contributed by atoms with van der Waals surface area (Å²) >= 11 is 0. The maximum Gasteiger partial charge on any atom is 0.0749 e. The van der Waals surface area contributed by atoms with Crippen LogP contribution in [0.4, 0.5) is 0 Å². The van der Waals surface area contributed by atoms with Gasteiger partial charge in [0.25, 0.3) is 0 Å². The Bertz CT molecular complexity index is 623.